The molecule has 2 aliphatic rings. The van der Waals surface area contributed by atoms with E-state index < -0.39 is 15.9 Å². The third-order valence-electron chi connectivity index (χ3n) is 6.25. The first-order valence-electron chi connectivity index (χ1n) is 11.2. The number of rotatable bonds is 7. The van der Waals surface area contributed by atoms with Crippen LogP contribution in [0.15, 0.2) is 54.6 Å². The molecule has 2 saturated heterocycles. The molecule has 8 heteroatoms. The van der Waals surface area contributed by atoms with Gasteiger partial charge >= 0.3 is 0 Å². The van der Waals surface area contributed by atoms with Gasteiger partial charge in [-0.2, -0.15) is 0 Å². The van der Waals surface area contributed by atoms with Crippen LogP contribution < -0.4 is 10.1 Å². The average Bonchev–Trinajstić information content (AvgIpc) is 3.16. The Bertz CT molecular complexity index is 1020. The van der Waals surface area contributed by atoms with E-state index in [2.05, 4.69) is 15.1 Å². The number of sulfone groups is 1. The zero-order valence-corrected chi connectivity index (χ0v) is 19.3. The van der Waals surface area contributed by atoms with Crippen LogP contribution in [0.5, 0.6) is 5.75 Å². The van der Waals surface area contributed by atoms with Crippen molar-refractivity contribution >= 4 is 21.4 Å². The molecule has 172 valence electrons. The minimum Gasteiger partial charge on any atom is -0.492 e. The number of amides is 1. The maximum absolute atomic E-state index is 13.5. The molecule has 2 aromatic carbocycles. The fraction of sp³-hybridized carbons (Fsp3) is 0.458. The van der Waals surface area contributed by atoms with Gasteiger partial charge in [-0.05, 0) is 31.0 Å². The second kappa shape index (κ2) is 10.0. The molecule has 4 rings (SSSR count). The highest BCUT2D eigenvalue weighted by molar-refractivity contribution is 7.91. The van der Waals surface area contributed by atoms with Crippen molar-refractivity contribution in [1.29, 1.82) is 0 Å². The predicted molar refractivity (Wildman–Crippen MR) is 126 cm³/mol. The second-order valence-electron chi connectivity index (χ2n) is 8.36. The number of para-hydroxylation sites is 2. The normalized spacial score (nSPS) is 22.3. The molecule has 7 nitrogen and oxygen atoms in total. The molecule has 0 aromatic heterocycles. The standard InChI is InChI=1S/C24H31N3O4S/c1-2-31-22-11-7-6-10-21(22)25-24(28)23(19-8-4-3-5-9-19)27-15-13-26(14-16-27)20-12-17-32(29,30)18-20/h3-11,20,23H,2,12-18H2,1H3,(H,25,28)/t20-,23-/m1/s1. The van der Waals surface area contributed by atoms with Crippen LogP contribution in [0.3, 0.4) is 0 Å². The van der Waals surface area contributed by atoms with Crippen molar-refractivity contribution < 1.29 is 17.9 Å². The molecule has 1 N–H and O–H groups in total. The van der Waals surface area contributed by atoms with Crippen LogP contribution in [0.2, 0.25) is 0 Å². The molecule has 32 heavy (non-hydrogen) atoms. The summed E-state index contributed by atoms with van der Waals surface area (Å²) in [5, 5.41) is 3.07. The Balaban J connectivity index is 1.49. The van der Waals surface area contributed by atoms with E-state index in [1.807, 2.05) is 61.5 Å². The molecule has 0 spiro atoms. The van der Waals surface area contributed by atoms with Crippen LogP contribution in [-0.4, -0.2) is 74.5 Å². The smallest absolute Gasteiger partial charge is 0.246 e. The lowest BCUT2D eigenvalue weighted by molar-refractivity contribution is -0.122. The van der Waals surface area contributed by atoms with E-state index in [0.29, 0.717) is 37.6 Å². The predicted octanol–water partition coefficient (Wildman–Crippen LogP) is 2.57. The van der Waals surface area contributed by atoms with Crippen molar-refractivity contribution in [3.05, 3.63) is 60.2 Å². The van der Waals surface area contributed by atoms with E-state index in [0.717, 1.165) is 18.7 Å². The van der Waals surface area contributed by atoms with E-state index in [4.69, 9.17) is 4.74 Å². The third kappa shape index (κ3) is 5.31. The average molecular weight is 458 g/mol. The molecule has 2 fully saturated rings. The lowest BCUT2D eigenvalue weighted by Gasteiger charge is -2.40. The molecule has 2 atom stereocenters. The highest BCUT2D eigenvalue weighted by atomic mass is 32.2. The molecule has 2 heterocycles. The molecule has 2 aromatic rings. The van der Waals surface area contributed by atoms with Crippen molar-refractivity contribution in [1.82, 2.24) is 9.80 Å². The largest absolute Gasteiger partial charge is 0.492 e. The first-order valence-corrected chi connectivity index (χ1v) is 13.0. The highest BCUT2D eigenvalue weighted by Gasteiger charge is 2.36. The fourth-order valence-corrected chi connectivity index (χ4v) is 6.40. The minimum absolute atomic E-state index is 0.0970. The molecular weight excluding hydrogens is 426 g/mol. The van der Waals surface area contributed by atoms with Gasteiger partial charge in [-0.3, -0.25) is 14.6 Å². The topological polar surface area (TPSA) is 79.0 Å². The minimum atomic E-state index is -2.91. The second-order valence-corrected chi connectivity index (χ2v) is 10.6. The van der Waals surface area contributed by atoms with Crippen molar-refractivity contribution in [2.45, 2.75) is 25.4 Å². The lowest BCUT2D eigenvalue weighted by atomic mass is 10.0. The van der Waals surface area contributed by atoms with Crippen LogP contribution in [-0.2, 0) is 14.6 Å². The Morgan fingerprint density at radius 2 is 1.75 bits per heavy atom. The van der Waals surface area contributed by atoms with Crippen LogP contribution in [0.25, 0.3) is 0 Å². The number of nitrogens with one attached hydrogen (secondary N) is 1. The van der Waals surface area contributed by atoms with E-state index in [1.165, 1.54) is 0 Å². The Kier molecular flexibility index (Phi) is 7.13. The zero-order chi connectivity index (χ0) is 22.6. The van der Waals surface area contributed by atoms with Gasteiger partial charge in [0.2, 0.25) is 5.91 Å². The number of hydrogen-bond acceptors (Lipinski definition) is 6. The molecule has 0 bridgehead atoms. The number of benzene rings is 2. The van der Waals surface area contributed by atoms with Gasteiger partial charge in [-0.1, -0.05) is 42.5 Å². The third-order valence-corrected chi connectivity index (χ3v) is 8.00. The fourth-order valence-electron chi connectivity index (χ4n) is 4.64. The van der Waals surface area contributed by atoms with Crippen LogP contribution >= 0.6 is 0 Å². The quantitative estimate of drug-likeness (QED) is 0.689. The first-order chi connectivity index (χ1) is 15.5. The van der Waals surface area contributed by atoms with E-state index in [9.17, 15) is 13.2 Å². The summed E-state index contributed by atoms with van der Waals surface area (Å²) in [6, 6.07) is 16.9. The van der Waals surface area contributed by atoms with Crippen LogP contribution in [0.1, 0.15) is 24.9 Å². The monoisotopic (exact) mass is 457 g/mol. The first kappa shape index (κ1) is 22.8. The lowest BCUT2D eigenvalue weighted by Crippen LogP contribution is -2.53. The number of carbonyl (C=O) groups is 1. The van der Waals surface area contributed by atoms with Gasteiger partial charge in [0, 0.05) is 32.2 Å². The molecule has 0 radical (unpaired) electrons. The molecule has 2 aliphatic heterocycles. The number of carbonyl (C=O) groups excluding carboxylic acids is 1. The van der Waals surface area contributed by atoms with Crippen molar-refractivity contribution in [3.8, 4) is 5.75 Å². The molecule has 0 saturated carbocycles. The van der Waals surface area contributed by atoms with Crippen molar-refractivity contribution in [2.24, 2.45) is 0 Å². The van der Waals surface area contributed by atoms with Gasteiger partial charge in [0.05, 0.1) is 23.8 Å². The van der Waals surface area contributed by atoms with Crippen LogP contribution in [0, 0.1) is 0 Å². The Morgan fingerprint density at radius 3 is 2.41 bits per heavy atom. The summed E-state index contributed by atoms with van der Waals surface area (Å²) in [6.45, 7) is 5.36. The zero-order valence-electron chi connectivity index (χ0n) is 18.4. The van der Waals surface area contributed by atoms with Gasteiger partial charge in [0.25, 0.3) is 0 Å². The number of hydrogen-bond donors (Lipinski definition) is 1. The Hall–Kier alpha value is -2.42. The van der Waals surface area contributed by atoms with Gasteiger partial charge in [-0.15, -0.1) is 0 Å². The van der Waals surface area contributed by atoms with E-state index in [-0.39, 0.29) is 23.5 Å². The SMILES string of the molecule is CCOc1ccccc1NC(=O)[C@@H](c1ccccc1)N1CCN([C@@H]2CCS(=O)(=O)C2)CC1. The maximum atomic E-state index is 13.5. The maximum Gasteiger partial charge on any atom is 0.246 e. The summed E-state index contributed by atoms with van der Waals surface area (Å²) < 4.78 is 29.4. The van der Waals surface area contributed by atoms with Crippen molar-refractivity contribution in [3.63, 3.8) is 0 Å². The molecule has 0 aliphatic carbocycles. The summed E-state index contributed by atoms with van der Waals surface area (Å²) in [6.07, 6.45) is 0.707. The van der Waals surface area contributed by atoms with Crippen molar-refractivity contribution in [2.75, 3.05) is 49.6 Å². The van der Waals surface area contributed by atoms with Crippen LogP contribution in [0.4, 0.5) is 5.69 Å². The molecule has 0 unspecified atom stereocenters. The van der Waals surface area contributed by atoms with Gasteiger partial charge < -0.3 is 10.1 Å². The van der Waals surface area contributed by atoms with E-state index in [1.54, 1.807) is 0 Å². The summed E-state index contributed by atoms with van der Waals surface area (Å²) in [4.78, 5) is 17.9. The summed E-state index contributed by atoms with van der Waals surface area (Å²) in [7, 11) is -2.91. The molecule has 1 amide bonds. The summed E-state index contributed by atoms with van der Waals surface area (Å²) >= 11 is 0. The number of anilines is 1. The molecular formula is C24H31N3O4S. The number of piperazine rings is 1. The van der Waals surface area contributed by atoms with Gasteiger partial charge in [0.1, 0.15) is 11.8 Å². The Labute approximate surface area is 190 Å². The number of ether oxygens (including phenoxy) is 1. The highest BCUT2D eigenvalue weighted by Crippen LogP contribution is 2.29. The Morgan fingerprint density at radius 1 is 1.06 bits per heavy atom. The number of nitrogens with zero attached hydrogens (tertiary/aromatic N) is 2. The van der Waals surface area contributed by atoms with Gasteiger partial charge in [0.15, 0.2) is 9.84 Å². The van der Waals surface area contributed by atoms with E-state index >= 15 is 0 Å². The summed E-state index contributed by atoms with van der Waals surface area (Å²) in [5.41, 5.74) is 1.60. The van der Waals surface area contributed by atoms with Gasteiger partial charge in [-0.25, -0.2) is 8.42 Å². The summed E-state index contributed by atoms with van der Waals surface area (Å²) in [5.74, 6) is 1.10.